The number of aliphatic hydroxyl groups excluding tert-OH is 1. The molecular weight excluding hydrogens is 302 g/mol. The Kier molecular flexibility index (Phi) is 7.43. The van der Waals surface area contributed by atoms with Crippen molar-refractivity contribution in [1.29, 1.82) is 0 Å². The molecule has 0 saturated heterocycles. The number of benzene rings is 2. The van der Waals surface area contributed by atoms with Gasteiger partial charge in [0.25, 0.3) is 0 Å². The number of unbranched alkanes of at least 4 members (excludes halogenated alkanes) is 3. The highest BCUT2D eigenvalue weighted by atomic mass is 16.5. The first-order valence-corrected chi connectivity index (χ1v) is 8.50. The number of hydrogen-bond acceptors (Lipinski definition) is 4. The molecule has 4 nitrogen and oxygen atoms in total. The van der Waals surface area contributed by atoms with Crippen molar-refractivity contribution in [3.63, 3.8) is 0 Å². The van der Waals surface area contributed by atoms with Gasteiger partial charge in [-0.1, -0.05) is 49.6 Å². The van der Waals surface area contributed by atoms with Crippen LogP contribution < -0.4 is 15.2 Å². The third-order valence-electron chi connectivity index (χ3n) is 4.00. The molecule has 2 aromatic rings. The molecule has 0 fully saturated rings. The largest absolute Gasteiger partial charge is 0.493 e. The summed E-state index contributed by atoms with van der Waals surface area (Å²) in [6, 6.07) is 15.2. The molecular formula is C20H27NO3. The van der Waals surface area contributed by atoms with Crippen molar-refractivity contribution in [2.75, 3.05) is 19.5 Å². The summed E-state index contributed by atoms with van der Waals surface area (Å²) in [7, 11) is 1.61. The van der Waals surface area contributed by atoms with E-state index < -0.39 is 0 Å². The van der Waals surface area contributed by atoms with E-state index in [-0.39, 0.29) is 6.10 Å². The van der Waals surface area contributed by atoms with Gasteiger partial charge in [-0.15, -0.1) is 0 Å². The second kappa shape index (κ2) is 9.83. The van der Waals surface area contributed by atoms with Crippen LogP contribution in [0.1, 0.15) is 43.8 Å². The Morgan fingerprint density at radius 3 is 2.46 bits per heavy atom. The highest BCUT2D eigenvalue weighted by Gasteiger charge is 2.06. The minimum Gasteiger partial charge on any atom is -0.493 e. The summed E-state index contributed by atoms with van der Waals surface area (Å²) < 4.78 is 11.0. The van der Waals surface area contributed by atoms with Gasteiger partial charge in [0.05, 0.1) is 19.8 Å². The van der Waals surface area contributed by atoms with Crippen LogP contribution in [0.4, 0.5) is 5.69 Å². The fourth-order valence-electron chi connectivity index (χ4n) is 2.62. The van der Waals surface area contributed by atoms with E-state index in [0.29, 0.717) is 18.0 Å². The highest BCUT2D eigenvalue weighted by molar-refractivity contribution is 5.51. The van der Waals surface area contributed by atoms with Crippen LogP contribution in [0.25, 0.3) is 0 Å². The predicted molar refractivity (Wildman–Crippen MR) is 97.4 cm³/mol. The molecule has 0 heterocycles. The predicted octanol–water partition coefficient (Wildman–Crippen LogP) is 4.34. The van der Waals surface area contributed by atoms with Crippen LogP contribution >= 0.6 is 0 Å². The maximum absolute atomic E-state index is 10.1. The van der Waals surface area contributed by atoms with Crippen molar-refractivity contribution in [3.8, 4) is 11.5 Å². The lowest BCUT2D eigenvalue weighted by molar-refractivity contribution is 0.163. The maximum atomic E-state index is 10.1. The summed E-state index contributed by atoms with van der Waals surface area (Å²) in [5.41, 5.74) is 7.38. The Labute approximate surface area is 144 Å². The van der Waals surface area contributed by atoms with Crippen molar-refractivity contribution in [2.45, 2.75) is 38.2 Å². The molecule has 0 bridgehead atoms. The van der Waals surface area contributed by atoms with Crippen molar-refractivity contribution < 1.29 is 14.6 Å². The quantitative estimate of drug-likeness (QED) is 0.503. The lowest BCUT2D eigenvalue weighted by atomic mass is 10.0. The Balaban J connectivity index is 1.59. The third kappa shape index (κ3) is 5.78. The van der Waals surface area contributed by atoms with Crippen LogP contribution in [0.3, 0.4) is 0 Å². The van der Waals surface area contributed by atoms with E-state index in [4.69, 9.17) is 15.2 Å². The van der Waals surface area contributed by atoms with E-state index in [2.05, 4.69) is 0 Å². The number of ether oxygens (including phenoxy) is 2. The molecule has 0 radical (unpaired) electrons. The lowest BCUT2D eigenvalue weighted by Gasteiger charge is -2.12. The molecule has 2 aromatic carbocycles. The molecule has 1 unspecified atom stereocenters. The van der Waals surface area contributed by atoms with Crippen LogP contribution in [-0.4, -0.2) is 18.8 Å². The third-order valence-corrected chi connectivity index (χ3v) is 4.00. The number of rotatable bonds is 10. The lowest BCUT2D eigenvalue weighted by Crippen LogP contribution is -2.00. The first-order chi connectivity index (χ1) is 11.7. The van der Waals surface area contributed by atoms with E-state index in [1.54, 1.807) is 13.2 Å². The standard InChI is InChI=1S/C20H27NO3/c1-23-20-15-17(21)12-13-19(20)24-14-8-3-2-7-11-18(22)16-9-5-4-6-10-16/h4-6,9-10,12-13,15,18,22H,2-3,7-8,11,14,21H2,1H3. The van der Waals surface area contributed by atoms with E-state index in [0.717, 1.165) is 43.4 Å². The number of anilines is 1. The van der Waals surface area contributed by atoms with Crippen molar-refractivity contribution in [1.82, 2.24) is 0 Å². The smallest absolute Gasteiger partial charge is 0.162 e. The second-order valence-corrected chi connectivity index (χ2v) is 5.89. The van der Waals surface area contributed by atoms with Gasteiger partial charge in [0.2, 0.25) is 0 Å². The van der Waals surface area contributed by atoms with Gasteiger partial charge in [-0.3, -0.25) is 0 Å². The fraction of sp³-hybridized carbons (Fsp3) is 0.400. The molecule has 0 aromatic heterocycles. The number of nitrogens with two attached hydrogens (primary N) is 1. The molecule has 4 heteroatoms. The molecule has 2 rings (SSSR count). The van der Waals surface area contributed by atoms with Gasteiger partial charge in [-0.2, -0.15) is 0 Å². The number of aliphatic hydroxyl groups is 1. The summed E-state index contributed by atoms with van der Waals surface area (Å²) >= 11 is 0. The zero-order chi connectivity index (χ0) is 17.2. The zero-order valence-electron chi connectivity index (χ0n) is 14.3. The normalized spacial score (nSPS) is 11.9. The van der Waals surface area contributed by atoms with Gasteiger partial charge in [-0.25, -0.2) is 0 Å². The molecule has 0 saturated carbocycles. The molecule has 0 aliphatic heterocycles. The Morgan fingerprint density at radius 2 is 1.71 bits per heavy atom. The SMILES string of the molecule is COc1cc(N)ccc1OCCCCCCC(O)c1ccccc1. The average molecular weight is 329 g/mol. The van der Waals surface area contributed by atoms with Gasteiger partial charge in [-0.05, 0) is 30.5 Å². The molecule has 0 spiro atoms. The Hall–Kier alpha value is -2.20. The van der Waals surface area contributed by atoms with Gasteiger partial charge >= 0.3 is 0 Å². The van der Waals surface area contributed by atoms with Crippen LogP contribution in [-0.2, 0) is 0 Å². The molecule has 0 amide bonds. The monoisotopic (exact) mass is 329 g/mol. The first kappa shape index (κ1) is 18.1. The summed E-state index contributed by atoms with van der Waals surface area (Å²) in [6.07, 6.45) is 4.61. The molecule has 1 atom stereocenters. The summed E-state index contributed by atoms with van der Waals surface area (Å²) in [4.78, 5) is 0. The van der Waals surface area contributed by atoms with Gasteiger partial charge in [0.1, 0.15) is 0 Å². The summed E-state index contributed by atoms with van der Waals surface area (Å²) in [5.74, 6) is 1.40. The molecule has 0 aliphatic rings. The molecule has 0 aliphatic carbocycles. The zero-order valence-corrected chi connectivity index (χ0v) is 14.3. The minimum atomic E-state index is -0.360. The Morgan fingerprint density at radius 1 is 0.958 bits per heavy atom. The summed E-state index contributed by atoms with van der Waals surface area (Å²) in [5, 5.41) is 10.1. The average Bonchev–Trinajstić information content (AvgIpc) is 2.62. The van der Waals surface area contributed by atoms with Crippen molar-refractivity contribution in [3.05, 3.63) is 54.1 Å². The van der Waals surface area contributed by atoms with Crippen LogP contribution in [0.5, 0.6) is 11.5 Å². The Bertz CT molecular complexity index is 601. The minimum absolute atomic E-state index is 0.360. The maximum Gasteiger partial charge on any atom is 0.162 e. The number of hydrogen-bond donors (Lipinski definition) is 2. The van der Waals surface area contributed by atoms with Crippen LogP contribution in [0.15, 0.2) is 48.5 Å². The highest BCUT2D eigenvalue weighted by Crippen LogP contribution is 2.29. The van der Waals surface area contributed by atoms with E-state index >= 15 is 0 Å². The first-order valence-electron chi connectivity index (χ1n) is 8.50. The molecule has 24 heavy (non-hydrogen) atoms. The topological polar surface area (TPSA) is 64.7 Å². The number of methoxy groups -OCH3 is 1. The van der Waals surface area contributed by atoms with Gasteiger partial charge < -0.3 is 20.3 Å². The fourth-order valence-corrected chi connectivity index (χ4v) is 2.62. The summed E-state index contributed by atoms with van der Waals surface area (Å²) in [6.45, 7) is 0.654. The van der Waals surface area contributed by atoms with E-state index in [9.17, 15) is 5.11 Å². The molecule has 3 N–H and O–H groups in total. The van der Waals surface area contributed by atoms with Crippen LogP contribution in [0.2, 0.25) is 0 Å². The van der Waals surface area contributed by atoms with E-state index in [1.165, 1.54) is 0 Å². The van der Waals surface area contributed by atoms with E-state index in [1.807, 2.05) is 42.5 Å². The van der Waals surface area contributed by atoms with Crippen molar-refractivity contribution >= 4 is 5.69 Å². The second-order valence-electron chi connectivity index (χ2n) is 5.89. The number of nitrogen functional groups attached to an aromatic ring is 1. The van der Waals surface area contributed by atoms with Crippen LogP contribution in [0, 0.1) is 0 Å². The van der Waals surface area contributed by atoms with Crippen molar-refractivity contribution in [2.24, 2.45) is 0 Å². The van der Waals surface area contributed by atoms with Gasteiger partial charge in [0, 0.05) is 11.8 Å². The molecule has 130 valence electrons. The van der Waals surface area contributed by atoms with Gasteiger partial charge in [0.15, 0.2) is 11.5 Å².